The average Bonchev–Trinajstić information content (AvgIpc) is 3.07. The predicted molar refractivity (Wildman–Crippen MR) is 97.9 cm³/mol. The van der Waals surface area contributed by atoms with Crippen molar-refractivity contribution in [1.29, 1.82) is 0 Å². The summed E-state index contributed by atoms with van der Waals surface area (Å²) in [5, 5.41) is 6.93. The van der Waals surface area contributed by atoms with Gasteiger partial charge in [0.1, 0.15) is 0 Å². The normalized spacial score (nSPS) is 23.9. The van der Waals surface area contributed by atoms with Gasteiger partial charge in [0.25, 0.3) is 5.91 Å². The average molecular weight is 380 g/mol. The van der Waals surface area contributed by atoms with Gasteiger partial charge in [-0.2, -0.15) is 5.10 Å². The number of carbonyl (C=O) groups is 1. The number of nitrogens with zero attached hydrogens (tertiary/aromatic N) is 5. The SMILES string of the molecule is Cc1c(Cl)c(C(=O)N2C[C@H]3CC[C@@H]2CN(Cc2cscn2)C3)nn1C. The third kappa shape index (κ3) is 3.20. The van der Waals surface area contributed by atoms with Crippen LogP contribution in [-0.4, -0.2) is 56.1 Å². The van der Waals surface area contributed by atoms with Gasteiger partial charge in [-0.05, 0) is 25.7 Å². The molecule has 3 aliphatic rings. The van der Waals surface area contributed by atoms with Crippen LogP contribution in [0.5, 0.6) is 0 Å². The van der Waals surface area contributed by atoms with Crippen molar-refractivity contribution in [2.24, 2.45) is 13.0 Å². The van der Waals surface area contributed by atoms with Crippen LogP contribution in [-0.2, 0) is 13.6 Å². The van der Waals surface area contributed by atoms with Gasteiger partial charge in [0.05, 0.1) is 21.9 Å². The van der Waals surface area contributed by atoms with E-state index in [4.69, 9.17) is 11.6 Å². The van der Waals surface area contributed by atoms with Gasteiger partial charge in [-0.15, -0.1) is 11.3 Å². The standard InChI is InChI=1S/C17H22ClN5OS/c1-11-15(18)16(20-21(11)2)17(24)23-6-12-3-4-14(23)8-22(5-12)7-13-9-25-10-19-13/h9-10,12,14H,3-8H2,1-2H3/t12-,14+/m0/s1. The molecule has 2 atom stereocenters. The van der Waals surface area contributed by atoms with E-state index < -0.39 is 0 Å². The zero-order valence-corrected chi connectivity index (χ0v) is 16.1. The largest absolute Gasteiger partial charge is 0.333 e. The van der Waals surface area contributed by atoms with Crippen molar-refractivity contribution in [2.75, 3.05) is 19.6 Å². The summed E-state index contributed by atoms with van der Waals surface area (Å²) in [4.78, 5) is 21.9. The Hall–Kier alpha value is -1.44. The molecule has 134 valence electrons. The molecule has 3 aliphatic heterocycles. The Morgan fingerprint density at radius 2 is 2.20 bits per heavy atom. The number of thiazole rings is 1. The van der Waals surface area contributed by atoms with Crippen molar-refractivity contribution in [3.63, 3.8) is 0 Å². The summed E-state index contributed by atoms with van der Waals surface area (Å²) < 4.78 is 1.68. The summed E-state index contributed by atoms with van der Waals surface area (Å²) >= 11 is 7.98. The minimum atomic E-state index is -0.0288. The lowest BCUT2D eigenvalue weighted by Crippen LogP contribution is -2.47. The number of hydrogen-bond acceptors (Lipinski definition) is 5. The van der Waals surface area contributed by atoms with Crippen LogP contribution in [0.2, 0.25) is 5.02 Å². The van der Waals surface area contributed by atoms with Crippen molar-refractivity contribution in [1.82, 2.24) is 24.6 Å². The first-order valence-electron chi connectivity index (χ1n) is 8.62. The number of rotatable bonds is 3. The molecular weight excluding hydrogens is 358 g/mol. The van der Waals surface area contributed by atoms with Crippen LogP contribution in [0.4, 0.5) is 0 Å². The summed E-state index contributed by atoms with van der Waals surface area (Å²) in [6.45, 7) is 5.46. The fraction of sp³-hybridized carbons (Fsp3) is 0.588. The van der Waals surface area contributed by atoms with E-state index >= 15 is 0 Å². The van der Waals surface area contributed by atoms with E-state index in [9.17, 15) is 4.79 Å². The summed E-state index contributed by atoms with van der Waals surface area (Å²) in [6, 6.07) is 0.225. The number of halogens is 1. The van der Waals surface area contributed by atoms with Crippen LogP contribution in [0.25, 0.3) is 0 Å². The van der Waals surface area contributed by atoms with Crippen LogP contribution < -0.4 is 0 Å². The summed E-state index contributed by atoms with van der Waals surface area (Å²) in [5.41, 5.74) is 4.21. The molecule has 0 radical (unpaired) electrons. The zero-order chi connectivity index (χ0) is 17.6. The Balaban J connectivity index is 1.54. The summed E-state index contributed by atoms with van der Waals surface area (Å²) in [7, 11) is 1.82. The maximum atomic E-state index is 13.1. The molecule has 5 rings (SSSR count). The first-order chi connectivity index (χ1) is 12.0. The first-order valence-corrected chi connectivity index (χ1v) is 9.94. The molecule has 2 aromatic rings. The monoisotopic (exact) mass is 379 g/mol. The summed E-state index contributed by atoms with van der Waals surface area (Å²) in [5.74, 6) is 0.476. The lowest BCUT2D eigenvalue weighted by atomic mass is 9.94. The maximum absolute atomic E-state index is 13.1. The number of fused-ring (bicyclic) bond motifs is 4. The molecule has 0 saturated carbocycles. The van der Waals surface area contributed by atoms with Crippen LogP contribution >= 0.6 is 22.9 Å². The maximum Gasteiger partial charge on any atom is 0.276 e. The second-order valence-corrected chi connectivity index (χ2v) is 8.20. The molecule has 0 N–H and O–H groups in total. The van der Waals surface area contributed by atoms with Crippen molar-refractivity contribution in [3.05, 3.63) is 33.0 Å². The molecule has 2 bridgehead atoms. The fourth-order valence-electron chi connectivity index (χ4n) is 3.96. The molecule has 3 fully saturated rings. The topological polar surface area (TPSA) is 54.3 Å². The van der Waals surface area contributed by atoms with Crippen LogP contribution in [0, 0.1) is 12.8 Å². The highest BCUT2D eigenvalue weighted by Gasteiger charge is 2.39. The highest BCUT2D eigenvalue weighted by atomic mass is 35.5. The third-order valence-corrected chi connectivity index (χ3v) is 6.47. The van der Waals surface area contributed by atoms with Crippen molar-refractivity contribution < 1.29 is 4.79 Å². The van der Waals surface area contributed by atoms with Gasteiger partial charge < -0.3 is 4.90 Å². The molecule has 3 saturated heterocycles. The van der Waals surface area contributed by atoms with Crippen molar-refractivity contribution in [3.8, 4) is 0 Å². The van der Waals surface area contributed by atoms with E-state index in [1.165, 1.54) is 6.42 Å². The molecular formula is C17H22ClN5OS. The van der Waals surface area contributed by atoms with Gasteiger partial charge in [-0.3, -0.25) is 14.4 Å². The summed E-state index contributed by atoms with van der Waals surface area (Å²) in [6.07, 6.45) is 2.23. The fourth-order valence-corrected chi connectivity index (χ4v) is 4.75. The Morgan fingerprint density at radius 3 is 2.88 bits per heavy atom. The number of aromatic nitrogens is 3. The van der Waals surface area contributed by atoms with E-state index in [1.807, 2.05) is 24.4 Å². The second kappa shape index (κ2) is 6.70. The molecule has 0 unspecified atom stereocenters. The van der Waals surface area contributed by atoms with E-state index in [-0.39, 0.29) is 11.9 Å². The molecule has 1 amide bonds. The van der Waals surface area contributed by atoms with E-state index in [0.29, 0.717) is 16.6 Å². The number of carbonyl (C=O) groups excluding carboxylic acids is 1. The van der Waals surface area contributed by atoms with E-state index in [2.05, 4.69) is 20.4 Å². The van der Waals surface area contributed by atoms with Gasteiger partial charge >= 0.3 is 0 Å². The zero-order valence-electron chi connectivity index (χ0n) is 14.5. The molecule has 0 aromatic carbocycles. The van der Waals surface area contributed by atoms with Gasteiger partial charge in [0.15, 0.2) is 5.69 Å². The molecule has 0 aliphatic carbocycles. The Bertz CT molecular complexity index is 774. The third-order valence-electron chi connectivity index (χ3n) is 5.38. The highest BCUT2D eigenvalue weighted by Crippen LogP contribution is 2.31. The minimum absolute atomic E-state index is 0.0288. The Morgan fingerprint density at radius 1 is 1.36 bits per heavy atom. The molecule has 8 heteroatoms. The van der Waals surface area contributed by atoms with Gasteiger partial charge in [0.2, 0.25) is 0 Å². The quantitative estimate of drug-likeness (QED) is 0.822. The first kappa shape index (κ1) is 17.0. The number of piperidine rings is 1. The van der Waals surface area contributed by atoms with Gasteiger partial charge in [-0.1, -0.05) is 11.6 Å². The highest BCUT2D eigenvalue weighted by molar-refractivity contribution is 7.07. The predicted octanol–water partition coefficient (Wildman–Crippen LogP) is 2.58. The number of amides is 1. The Kier molecular flexibility index (Phi) is 4.56. The van der Waals surface area contributed by atoms with Crippen LogP contribution in [0.1, 0.15) is 34.7 Å². The van der Waals surface area contributed by atoms with E-state index in [1.54, 1.807) is 16.0 Å². The smallest absolute Gasteiger partial charge is 0.276 e. The van der Waals surface area contributed by atoms with Crippen molar-refractivity contribution >= 4 is 28.8 Å². The van der Waals surface area contributed by atoms with E-state index in [0.717, 1.165) is 44.0 Å². The molecule has 25 heavy (non-hydrogen) atoms. The number of aryl methyl sites for hydroxylation is 1. The lowest BCUT2D eigenvalue weighted by molar-refractivity contribution is 0.0578. The second-order valence-electron chi connectivity index (χ2n) is 7.10. The number of hydrogen-bond donors (Lipinski definition) is 0. The molecule has 0 spiro atoms. The van der Waals surface area contributed by atoms with Crippen molar-refractivity contribution in [2.45, 2.75) is 32.4 Å². The van der Waals surface area contributed by atoms with Gasteiger partial charge in [0, 0.05) is 44.6 Å². The van der Waals surface area contributed by atoms with Gasteiger partial charge in [-0.25, -0.2) is 4.98 Å². The molecule has 6 nitrogen and oxygen atoms in total. The minimum Gasteiger partial charge on any atom is -0.333 e. The lowest BCUT2D eigenvalue weighted by Gasteiger charge is -2.35. The Labute approximate surface area is 156 Å². The molecule has 5 heterocycles. The van der Waals surface area contributed by atoms with Crippen LogP contribution in [0.15, 0.2) is 10.9 Å². The molecule has 2 aromatic heterocycles. The van der Waals surface area contributed by atoms with Crippen LogP contribution in [0.3, 0.4) is 0 Å².